The van der Waals surface area contributed by atoms with Crippen molar-refractivity contribution < 1.29 is 19.1 Å². The third-order valence-corrected chi connectivity index (χ3v) is 4.89. The molecular formula is C20H27NO4. The van der Waals surface area contributed by atoms with Gasteiger partial charge in [-0.1, -0.05) is 13.0 Å². The molecule has 0 N–H and O–H groups in total. The van der Waals surface area contributed by atoms with Gasteiger partial charge in [0.1, 0.15) is 17.0 Å². The zero-order valence-corrected chi connectivity index (χ0v) is 15.6. The Hall–Kier alpha value is -2.04. The number of hydrogen-bond donors (Lipinski definition) is 0. The van der Waals surface area contributed by atoms with E-state index in [1.165, 1.54) is 0 Å². The first-order chi connectivity index (χ1) is 11.7. The van der Waals surface area contributed by atoms with Gasteiger partial charge >= 0.3 is 6.09 Å². The molecule has 1 aromatic carbocycles. The van der Waals surface area contributed by atoms with Crippen molar-refractivity contribution in [3.05, 3.63) is 29.3 Å². The fourth-order valence-electron chi connectivity index (χ4n) is 3.46. The number of ketones is 1. The molecule has 0 aliphatic carbocycles. The van der Waals surface area contributed by atoms with Crippen molar-refractivity contribution in [1.82, 2.24) is 4.90 Å². The fourth-order valence-corrected chi connectivity index (χ4v) is 3.46. The first-order valence-corrected chi connectivity index (χ1v) is 9.04. The highest BCUT2D eigenvalue weighted by Crippen LogP contribution is 2.39. The summed E-state index contributed by atoms with van der Waals surface area (Å²) in [7, 11) is 0. The van der Waals surface area contributed by atoms with E-state index in [-0.39, 0.29) is 11.9 Å². The molecule has 0 aromatic heterocycles. The van der Waals surface area contributed by atoms with Crippen molar-refractivity contribution in [2.24, 2.45) is 0 Å². The highest BCUT2D eigenvalue weighted by atomic mass is 16.6. The van der Waals surface area contributed by atoms with Gasteiger partial charge in [-0.2, -0.15) is 0 Å². The summed E-state index contributed by atoms with van der Waals surface area (Å²) in [5, 5.41) is 0. The lowest BCUT2D eigenvalue weighted by Gasteiger charge is -2.44. The smallest absolute Gasteiger partial charge is 0.410 e. The molecule has 2 aliphatic heterocycles. The van der Waals surface area contributed by atoms with E-state index in [1.54, 1.807) is 4.90 Å². The van der Waals surface area contributed by atoms with E-state index in [0.29, 0.717) is 43.7 Å². The van der Waals surface area contributed by atoms with Crippen LogP contribution < -0.4 is 4.74 Å². The minimum atomic E-state index is -0.501. The Balaban J connectivity index is 1.69. The van der Waals surface area contributed by atoms with Crippen LogP contribution in [0.3, 0.4) is 0 Å². The van der Waals surface area contributed by atoms with Gasteiger partial charge in [-0.3, -0.25) is 4.79 Å². The Bertz CT molecular complexity index is 681. The standard InChI is InChI=1S/C20H27NO4/c1-5-14-6-7-17-15(12-14)16(22)13-20(24-17)8-10-21(11-9-20)18(23)25-19(2,3)4/h6-7,12H,5,8-11,13H2,1-4H3. The zero-order valence-electron chi connectivity index (χ0n) is 15.6. The number of fused-ring (bicyclic) bond motifs is 1. The van der Waals surface area contributed by atoms with Crippen LogP contribution in [-0.4, -0.2) is 41.1 Å². The van der Waals surface area contributed by atoms with Gasteiger partial charge in [0, 0.05) is 25.9 Å². The summed E-state index contributed by atoms with van der Waals surface area (Å²) in [5.41, 5.74) is 0.849. The highest BCUT2D eigenvalue weighted by Gasteiger charge is 2.44. The van der Waals surface area contributed by atoms with Crippen LogP contribution in [0.4, 0.5) is 4.79 Å². The molecule has 0 unspecified atom stereocenters. The Kier molecular flexibility index (Phi) is 4.52. The molecule has 3 rings (SSSR count). The molecule has 25 heavy (non-hydrogen) atoms. The molecule has 0 radical (unpaired) electrons. The number of carbonyl (C=O) groups is 2. The molecule has 1 aromatic rings. The van der Waals surface area contributed by atoms with E-state index in [4.69, 9.17) is 9.47 Å². The molecule has 1 fully saturated rings. The maximum absolute atomic E-state index is 12.6. The molecule has 2 heterocycles. The maximum Gasteiger partial charge on any atom is 0.410 e. The largest absolute Gasteiger partial charge is 0.486 e. The molecule has 5 heteroatoms. The Labute approximate surface area is 149 Å². The maximum atomic E-state index is 12.6. The first-order valence-electron chi connectivity index (χ1n) is 9.04. The summed E-state index contributed by atoms with van der Waals surface area (Å²) >= 11 is 0. The second-order valence-electron chi connectivity index (χ2n) is 8.04. The summed E-state index contributed by atoms with van der Waals surface area (Å²) in [6, 6.07) is 5.87. The third kappa shape index (κ3) is 3.80. The SMILES string of the molecule is CCc1ccc2c(c1)C(=O)CC1(CCN(C(=O)OC(C)(C)C)CC1)O2. The van der Waals surface area contributed by atoms with Gasteiger partial charge in [0.25, 0.3) is 0 Å². The molecule has 136 valence electrons. The minimum Gasteiger partial charge on any atom is -0.486 e. The average molecular weight is 345 g/mol. The molecule has 0 atom stereocenters. The third-order valence-electron chi connectivity index (χ3n) is 4.89. The van der Waals surface area contributed by atoms with Crippen LogP contribution in [-0.2, 0) is 11.2 Å². The minimum absolute atomic E-state index is 0.141. The number of aryl methyl sites for hydroxylation is 1. The number of ether oxygens (including phenoxy) is 2. The Morgan fingerprint density at radius 3 is 2.56 bits per heavy atom. The number of benzene rings is 1. The van der Waals surface area contributed by atoms with Crippen LogP contribution in [0.1, 0.15) is 62.9 Å². The van der Waals surface area contributed by atoms with Gasteiger partial charge in [0.05, 0.1) is 12.0 Å². The van der Waals surface area contributed by atoms with Crippen molar-refractivity contribution >= 4 is 11.9 Å². The number of hydrogen-bond acceptors (Lipinski definition) is 4. The van der Waals surface area contributed by atoms with Crippen LogP contribution in [0.25, 0.3) is 0 Å². The fraction of sp³-hybridized carbons (Fsp3) is 0.600. The van der Waals surface area contributed by atoms with Crippen molar-refractivity contribution in [2.45, 2.75) is 64.6 Å². The van der Waals surface area contributed by atoms with Crippen molar-refractivity contribution in [3.63, 3.8) is 0 Å². The number of Topliss-reactive ketones (excluding diaryl/α,β-unsaturated/α-hetero) is 1. The lowest BCUT2D eigenvalue weighted by atomic mass is 9.82. The number of nitrogens with zero attached hydrogens (tertiary/aromatic N) is 1. The lowest BCUT2D eigenvalue weighted by molar-refractivity contribution is -0.0226. The predicted molar refractivity (Wildman–Crippen MR) is 95.2 cm³/mol. The second kappa shape index (κ2) is 6.36. The first kappa shape index (κ1) is 17.8. The molecular weight excluding hydrogens is 318 g/mol. The van der Waals surface area contributed by atoms with Gasteiger partial charge in [-0.15, -0.1) is 0 Å². The van der Waals surface area contributed by atoms with Gasteiger partial charge in [0.15, 0.2) is 5.78 Å². The normalized spacial score (nSPS) is 19.4. The molecule has 1 saturated heterocycles. The Morgan fingerprint density at radius 2 is 1.96 bits per heavy atom. The van der Waals surface area contributed by atoms with E-state index in [0.717, 1.165) is 12.0 Å². The van der Waals surface area contributed by atoms with Crippen LogP contribution >= 0.6 is 0 Å². The molecule has 1 spiro atoms. The summed E-state index contributed by atoms with van der Waals surface area (Å²) in [6.45, 7) is 8.75. The van der Waals surface area contributed by atoms with Crippen LogP contribution in [0, 0.1) is 0 Å². The topological polar surface area (TPSA) is 55.8 Å². The van der Waals surface area contributed by atoms with Gasteiger partial charge in [0.2, 0.25) is 0 Å². The number of piperidine rings is 1. The van der Waals surface area contributed by atoms with Crippen LogP contribution in [0.15, 0.2) is 18.2 Å². The molecule has 5 nitrogen and oxygen atoms in total. The van der Waals surface area contributed by atoms with Crippen LogP contribution in [0.5, 0.6) is 5.75 Å². The Morgan fingerprint density at radius 1 is 1.28 bits per heavy atom. The van der Waals surface area contributed by atoms with Crippen molar-refractivity contribution in [1.29, 1.82) is 0 Å². The molecule has 2 aliphatic rings. The predicted octanol–water partition coefficient (Wildman–Crippen LogP) is 3.98. The van der Waals surface area contributed by atoms with E-state index >= 15 is 0 Å². The molecule has 0 saturated carbocycles. The lowest BCUT2D eigenvalue weighted by Crippen LogP contribution is -2.53. The summed E-state index contributed by atoms with van der Waals surface area (Å²) in [5.74, 6) is 0.821. The van der Waals surface area contributed by atoms with Crippen LogP contribution in [0.2, 0.25) is 0 Å². The summed E-state index contributed by atoms with van der Waals surface area (Å²) in [6.07, 6.45) is 2.28. The van der Waals surface area contributed by atoms with E-state index in [2.05, 4.69) is 6.92 Å². The van der Waals surface area contributed by atoms with E-state index in [1.807, 2.05) is 39.0 Å². The molecule has 1 amide bonds. The monoisotopic (exact) mass is 345 g/mol. The van der Waals surface area contributed by atoms with Gasteiger partial charge in [-0.25, -0.2) is 4.79 Å². The van der Waals surface area contributed by atoms with Crippen molar-refractivity contribution in [3.8, 4) is 5.75 Å². The number of carbonyl (C=O) groups excluding carboxylic acids is 2. The quantitative estimate of drug-likeness (QED) is 0.772. The summed E-state index contributed by atoms with van der Waals surface area (Å²) < 4.78 is 11.7. The number of amides is 1. The van der Waals surface area contributed by atoms with Gasteiger partial charge in [-0.05, 0) is 44.9 Å². The van der Waals surface area contributed by atoms with Crippen molar-refractivity contribution in [2.75, 3.05) is 13.1 Å². The molecule has 0 bridgehead atoms. The number of rotatable bonds is 1. The van der Waals surface area contributed by atoms with E-state index in [9.17, 15) is 9.59 Å². The van der Waals surface area contributed by atoms with E-state index < -0.39 is 11.2 Å². The second-order valence-corrected chi connectivity index (χ2v) is 8.04. The van der Waals surface area contributed by atoms with Gasteiger partial charge < -0.3 is 14.4 Å². The number of likely N-dealkylation sites (tertiary alicyclic amines) is 1. The highest BCUT2D eigenvalue weighted by molar-refractivity contribution is 6.00. The average Bonchev–Trinajstić information content (AvgIpc) is 2.53. The summed E-state index contributed by atoms with van der Waals surface area (Å²) in [4.78, 5) is 26.6. The zero-order chi connectivity index (χ0) is 18.2.